The maximum Gasteiger partial charge on any atom is 0.333 e. The average Bonchev–Trinajstić information content (AvgIpc) is 2.50. The van der Waals surface area contributed by atoms with Gasteiger partial charge in [-0.2, -0.15) is 0 Å². The van der Waals surface area contributed by atoms with Crippen LogP contribution < -0.4 is 5.73 Å². The molecule has 72 valence electrons. The lowest BCUT2D eigenvalue weighted by molar-refractivity contribution is -0.147. The van der Waals surface area contributed by atoms with E-state index in [-0.39, 0.29) is 0 Å². The van der Waals surface area contributed by atoms with E-state index in [1.807, 2.05) is 0 Å². The molecule has 0 aliphatic carbocycles. The van der Waals surface area contributed by atoms with Gasteiger partial charge in [0.1, 0.15) is 11.5 Å². The highest BCUT2D eigenvalue weighted by Crippen LogP contribution is 2.21. The van der Waals surface area contributed by atoms with Crippen molar-refractivity contribution in [2.24, 2.45) is 5.73 Å². The molecule has 0 aliphatic heterocycles. The Bertz CT molecular complexity index is 314. The number of furan rings is 1. The van der Waals surface area contributed by atoms with Crippen molar-refractivity contribution in [3.8, 4) is 0 Å². The first-order valence-electron chi connectivity index (χ1n) is 3.92. The quantitative estimate of drug-likeness (QED) is 0.693. The van der Waals surface area contributed by atoms with Gasteiger partial charge < -0.3 is 14.9 Å². The lowest BCUT2D eigenvalue weighted by atomic mass is 10.0. The molecule has 0 radical (unpaired) electrons. The summed E-state index contributed by atoms with van der Waals surface area (Å²) < 4.78 is 9.80. The van der Waals surface area contributed by atoms with Gasteiger partial charge in [0, 0.05) is 0 Å². The Hall–Kier alpha value is -1.29. The Morgan fingerprint density at radius 3 is 2.62 bits per heavy atom. The molecule has 0 spiro atoms. The van der Waals surface area contributed by atoms with E-state index in [1.165, 1.54) is 7.11 Å². The lowest BCUT2D eigenvalue weighted by Gasteiger charge is -2.18. The van der Waals surface area contributed by atoms with E-state index in [0.29, 0.717) is 5.76 Å². The number of nitrogens with two attached hydrogens (primary N) is 1. The Labute approximate surface area is 76.7 Å². The van der Waals surface area contributed by atoms with Crippen LogP contribution in [0.2, 0.25) is 0 Å². The van der Waals surface area contributed by atoms with E-state index in [0.717, 1.165) is 5.76 Å². The zero-order valence-electron chi connectivity index (χ0n) is 7.96. The SMILES string of the molecule is COC(=O)[C@@](C)(N)c1ccc(C)o1. The topological polar surface area (TPSA) is 65.5 Å². The fraction of sp³-hybridized carbons (Fsp3) is 0.444. The van der Waals surface area contributed by atoms with Gasteiger partial charge in [-0.25, -0.2) is 4.79 Å². The highest BCUT2D eigenvalue weighted by Gasteiger charge is 2.34. The highest BCUT2D eigenvalue weighted by atomic mass is 16.5. The van der Waals surface area contributed by atoms with Gasteiger partial charge in [0.2, 0.25) is 0 Å². The fourth-order valence-corrected chi connectivity index (χ4v) is 1.03. The molecule has 0 aromatic carbocycles. The number of ether oxygens (including phenoxy) is 1. The number of hydrogen-bond acceptors (Lipinski definition) is 4. The number of methoxy groups -OCH3 is 1. The molecule has 0 aliphatic rings. The Balaban J connectivity index is 2.99. The minimum Gasteiger partial charge on any atom is -0.467 e. The standard InChI is InChI=1S/C9H13NO3/c1-6-4-5-7(13-6)9(2,10)8(11)12-3/h4-5H,10H2,1-3H3/t9-/m0/s1. The van der Waals surface area contributed by atoms with Crippen molar-refractivity contribution in [1.29, 1.82) is 0 Å². The molecule has 0 fully saturated rings. The summed E-state index contributed by atoms with van der Waals surface area (Å²) in [5, 5.41) is 0. The molecule has 1 atom stereocenters. The van der Waals surface area contributed by atoms with Crippen molar-refractivity contribution in [2.45, 2.75) is 19.4 Å². The first kappa shape index (κ1) is 9.80. The highest BCUT2D eigenvalue weighted by molar-refractivity contribution is 5.80. The van der Waals surface area contributed by atoms with Gasteiger partial charge in [0.05, 0.1) is 7.11 Å². The summed E-state index contributed by atoms with van der Waals surface area (Å²) in [5.74, 6) is 0.620. The van der Waals surface area contributed by atoms with E-state index in [2.05, 4.69) is 4.74 Å². The normalized spacial score (nSPS) is 15.1. The molecule has 0 amide bonds. The van der Waals surface area contributed by atoms with Crippen LogP contribution in [0, 0.1) is 6.92 Å². The smallest absolute Gasteiger partial charge is 0.333 e. The second kappa shape index (κ2) is 3.22. The summed E-state index contributed by atoms with van der Waals surface area (Å²) in [6.45, 7) is 3.34. The summed E-state index contributed by atoms with van der Waals surface area (Å²) in [4.78, 5) is 11.2. The second-order valence-corrected chi connectivity index (χ2v) is 3.10. The molecule has 4 nitrogen and oxygen atoms in total. The van der Waals surface area contributed by atoms with Gasteiger partial charge in [-0.05, 0) is 26.0 Å². The first-order valence-corrected chi connectivity index (χ1v) is 3.92. The van der Waals surface area contributed by atoms with Gasteiger partial charge in [-0.15, -0.1) is 0 Å². The summed E-state index contributed by atoms with van der Waals surface area (Å²) in [7, 11) is 1.29. The molecule has 1 aromatic rings. The van der Waals surface area contributed by atoms with Gasteiger partial charge in [-0.3, -0.25) is 0 Å². The first-order chi connectivity index (χ1) is 5.98. The van der Waals surface area contributed by atoms with Crippen LogP contribution in [-0.4, -0.2) is 13.1 Å². The number of esters is 1. The van der Waals surface area contributed by atoms with E-state index in [1.54, 1.807) is 26.0 Å². The number of carbonyl (C=O) groups excluding carboxylic acids is 1. The van der Waals surface area contributed by atoms with Gasteiger partial charge in [0.15, 0.2) is 5.54 Å². The largest absolute Gasteiger partial charge is 0.467 e. The van der Waals surface area contributed by atoms with E-state index >= 15 is 0 Å². The minimum atomic E-state index is -1.21. The third-order valence-corrected chi connectivity index (χ3v) is 1.86. The predicted molar refractivity (Wildman–Crippen MR) is 47.0 cm³/mol. The Morgan fingerprint density at radius 1 is 1.62 bits per heavy atom. The average molecular weight is 183 g/mol. The van der Waals surface area contributed by atoms with E-state index in [9.17, 15) is 4.79 Å². The molecule has 0 saturated carbocycles. The molecule has 1 aromatic heterocycles. The number of aryl methyl sites for hydroxylation is 1. The Kier molecular flexibility index (Phi) is 2.43. The van der Waals surface area contributed by atoms with Crippen molar-refractivity contribution in [2.75, 3.05) is 7.11 Å². The van der Waals surface area contributed by atoms with Crippen LogP contribution in [0.25, 0.3) is 0 Å². The van der Waals surface area contributed by atoms with Crippen molar-refractivity contribution < 1.29 is 13.9 Å². The number of rotatable bonds is 2. The van der Waals surface area contributed by atoms with Crippen molar-refractivity contribution in [3.05, 3.63) is 23.7 Å². The van der Waals surface area contributed by atoms with Gasteiger partial charge >= 0.3 is 5.97 Å². The molecule has 1 rings (SSSR count). The number of carbonyl (C=O) groups is 1. The van der Waals surface area contributed by atoms with Gasteiger partial charge in [-0.1, -0.05) is 0 Å². The van der Waals surface area contributed by atoms with Gasteiger partial charge in [0.25, 0.3) is 0 Å². The van der Waals surface area contributed by atoms with Crippen molar-refractivity contribution in [1.82, 2.24) is 0 Å². The van der Waals surface area contributed by atoms with Crippen LogP contribution in [0.5, 0.6) is 0 Å². The van der Waals surface area contributed by atoms with Crippen LogP contribution in [-0.2, 0) is 15.1 Å². The molecule has 4 heteroatoms. The van der Waals surface area contributed by atoms with Crippen LogP contribution in [0.15, 0.2) is 16.5 Å². The molecule has 0 saturated heterocycles. The molecular weight excluding hydrogens is 170 g/mol. The molecular formula is C9H13NO3. The summed E-state index contributed by atoms with van der Waals surface area (Å²) >= 11 is 0. The third-order valence-electron chi connectivity index (χ3n) is 1.86. The maximum atomic E-state index is 11.2. The van der Waals surface area contributed by atoms with Crippen LogP contribution in [0.3, 0.4) is 0 Å². The Morgan fingerprint density at radius 2 is 2.23 bits per heavy atom. The van der Waals surface area contributed by atoms with Crippen LogP contribution >= 0.6 is 0 Å². The van der Waals surface area contributed by atoms with E-state index in [4.69, 9.17) is 10.2 Å². The van der Waals surface area contributed by atoms with Crippen LogP contribution in [0.4, 0.5) is 0 Å². The third kappa shape index (κ3) is 1.72. The molecule has 1 heterocycles. The van der Waals surface area contributed by atoms with Crippen LogP contribution in [0.1, 0.15) is 18.4 Å². The molecule has 0 bridgehead atoms. The zero-order chi connectivity index (χ0) is 10.1. The second-order valence-electron chi connectivity index (χ2n) is 3.10. The number of hydrogen-bond donors (Lipinski definition) is 1. The maximum absolute atomic E-state index is 11.2. The van der Waals surface area contributed by atoms with E-state index < -0.39 is 11.5 Å². The minimum absolute atomic E-state index is 0.414. The summed E-state index contributed by atoms with van der Waals surface area (Å²) in [6, 6.07) is 3.43. The van der Waals surface area contributed by atoms with Crippen molar-refractivity contribution >= 4 is 5.97 Å². The van der Waals surface area contributed by atoms with Crippen molar-refractivity contribution in [3.63, 3.8) is 0 Å². The lowest BCUT2D eigenvalue weighted by Crippen LogP contribution is -2.42. The summed E-state index contributed by atoms with van der Waals surface area (Å²) in [6.07, 6.45) is 0. The molecule has 13 heavy (non-hydrogen) atoms. The monoisotopic (exact) mass is 183 g/mol. The summed E-state index contributed by atoms with van der Waals surface area (Å²) in [5.41, 5.74) is 4.53. The zero-order valence-corrected chi connectivity index (χ0v) is 7.96. The fourth-order valence-electron chi connectivity index (χ4n) is 1.03. The molecule has 2 N–H and O–H groups in total. The molecule has 0 unspecified atom stereocenters. The predicted octanol–water partition coefficient (Wildman–Crippen LogP) is 0.935.